The third kappa shape index (κ3) is 6.79. The molecule has 0 bridgehead atoms. The zero-order valence-electron chi connectivity index (χ0n) is 13.8. The summed E-state index contributed by atoms with van der Waals surface area (Å²) in [6.45, 7) is 2.67. The molecule has 9 heteroatoms. The maximum absolute atomic E-state index is 12.2. The van der Waals surface area contributed by atoms with Crippen LogP contribution >= 0.6 is 11.3 Å². The molecule has 1 N–H and O–H groups in total. The summed E-state index contributed by atoms with van der Waals surface area (Å²) in [5.74, 6) is 0.0959. The summed E-state index contributed by atoms with van der Waals surface area (Å²) < 4.78 is 40.6. The minimum absolute atomic E-state index is 0.170. The van der Waals surface area contributed by atoms with Crippen molar-refractivity contribution in [2.45, 2.75) is 33.1 Å². The van der Waals surface area contributed by atoms with E-state index in [-0.39, 0.29) is 12.5 Å². The fraction of sp³-hybridized carbons (Fsp3) is 0.438. The Bertz CT molecular complexity index is 699. The number of halogens is 3. The minimum Gasteiger partial charge on any atom is -0.367 e. The van der Waals surface area contributed by atoms with Crippen LogP contribution in [0.15, 0.2) is 24.3 Å². The van der Waals surface area contributed by atoms with Crippen LogP contribution in [-0.4, -0.2) is 28.9 Å². The lowest BCUT2D eigenvalue weighted by Gasteiger charge is -2.08. The van der Waals surface area contributed by atoms with E-state index < -0.39 is 12.8 Å². The molecule has 0 saturated heterocycles. The number of hydrogen-bond acceptors (Lipinski definition) is 5. The van der Waals surface area contributed by atoms with E-state index in [1.807, 2.05) is 0 Å². The number of nitrogens with one attached hydrogen (secondary N) is 1. The Morgan fingerprint density at radius 1 is 1.24 bits per heavy atom. The lowest BCUT2D eigenvalue weighted by atomic mass is 10.1. The molecule has 1 aromatic carbocycles. The maximum Gasteiger partial charge on any atom is 0.411 e. The highest BCUT2D eigenvalue weighted by molar-refractivity contribution is 7.15. The summed E-state index contributed by atoms with van der Waals surface area (Å²) in [4.78, 5) is 12.2. The number of hydrogen-bond donors (Lipinski definition) is 1. The molecule has 0 unspecified atom stereocenters. The highest BCUT2D eigenvalue weighted by Gasteiger charge is 2.27. The van der Waals surface area contributed by atoms with Crippen LogP contribution in [0.3, 0.4) is 0 Å². The molecule has 136 valence electrons. The third-order valence-corrected chi connectivity index (χ3v) is 3.88. The lowest BCUT2D eigenvalue weighted by Crippen LogP contribution is -2.16. The summed E-state index contributed by atoms with van der Waals surface area (Å²) in [5.41, 5.74) is 0.927. The molecule has 1 amide bonds. The van der Waals surface area contributed by atoms with Gasteiger partial charge >= 0.3 is 6.18 Å². The second-order valence-corrected chi connectivity index (χ2v) is 6.92. The third-order valence-electron chi connectivity index (χ3n) is 3.02. The van der Waals surface area contributed by atoms with Crippen LogP contribution in [0.25, 0.3) is 0 Å². The Morgan fingerprint density at radius 2 is 1.92 bits per heavy atom. The number of amides is 1. The number of anilines is 1. The van der Waals surface area contributed by atoms with Gasteiger partial charge in [0.05, 0.1) is 6.61 Å². The Hall–Kier alpha value is -2.00. The predicted octanol–water partition coefficient (Wildman–Crippen LogP) is 4.07. The summed E-state index contributed by atoms with van der Waals surface area (Å²) in [6.07, 6.45) is -3.56. The Balaban J connectivity index is 1.88. The topological polar surface area (TPSA) is 64.1 Å². The first-order valence-corrected chi connectivity index (χ1v) is 8.42. The highest BCUT2D eigenvalue weighted by atomic mass is 32.1. The van der Waals surface area contributed by atoms with Crippen LogP contribution < -0.4 is 5.32 Å². The molecule has 0 saturated carbocycles. The van der Waals surface area contributed by atoms with Crippen molar-refractivity contribution in [2.75, 3.05) is 11.9 Å². The van der Waals surface area contributed by atoms with E-state index in [2.05, 4.69) is 34.1 Å². The Morgan fingerprint density at radius 3 is 2.52 bits per heavy atom. The molecule has 0 radical (unpaired) electrons. The number of alkyl halides is 3. The van der Waals surface area contributed by atoms with Gasteiger partial charge in [0.2, 0.25) is 5.13 Å². The normalized spacial score (nSPS) is 11.8. The molecule has 1 aromatic heterocycles. The monoisotopic (exact) mass is 373 g/mol. The van der Waals surface area contributed by atoms with E-state index in [0.29, 0.717) is 22.2 Å². The van der Waals surface area contributed by atoms with E-state index >= 15 is 0 Å². The summed E-state index contributed by atoms with van der Waals surface area (Å²) in [6, 6.07) is 6.15. The smallest absolute Gasteiger partial charge is 0.367 e. The molecule has 25 heavy (non-hydrogen) atoms. The van der Waals surface area contributed by atoms with Crippen molar-refractivity contribution < 1.29 is 22.7 Å². The Labute approximate surface area is 147 Å². The van der Waals surface area contributed by atoms with Gasteiger partial charge in [0.1, 0.15) is 11.6 Å². The van der Waals surface area contributed by atoms with Crippen molar-refractivity contribution in [3.63, 3.8) is 0 Å². The Kier molecular flexibility index (Phi) is 6.49. The van der Waals surface area contributed by atoms with E-state index in [1.54, 1.807) is 12.1 Å². The van der Waals surface area contributed by atoms with Gasteiger partial charge in [-0.25, -0.2) is 0 Å². The number of benzene rings is 1. The largest absolute Gasteiger partial charge is 0.411 e. The summed E-state index contributed by atoms with van der Waals surface area (Å²) in [5, 5.41) is 11.9. The van der Waals surface area contributed by atoms with Gasteiger partial charge in [-0.3, -0.25) is 10.1 Å². The number of rotatable bonds is 7. The van der Waals surface area contributed by atoms with Gasteiger partial charge in [0.15, 0.2) is 0 Å². The second-order valence-electron chi connectivity index (χ2n) is 5.86. The standard InChI is InChI=1S/C16H18F3N3O2S/c1-10(2)7-13-21-22-15(25-13)20-14(23)12-5-3-11(4-6-12)8-24-9-16(17,18)19/h3-6,10H,7-9H2,1-2H3,(H,20,22,23). The molecule has 0 aliphatic carbocycles. The maximum atomic E-state index is 12.2. The van der Waals surface area contributed by atoms with Gasteiger partial charge in [-0.2, -0.15) is 13.2 Å². The minimum atomic E-state index is -4.35. The van der Waals surface area contributed by atoms with Crippen LogP contribution in [0.2, 0.25) is 0 Å². The van der Waals surface area contributed by atoms with E-state index in [1.165, 1.54) is 23.5 Å². The number of carbonyl (C=O) groups is 1. The predicted molar refractivity (Wildman–Crippen MR) is 88.6 cm³/mol. The highest BCUT2D eigenvalue weighted by Crippen LogP contribution is 2.19. The van der Waals surface area contributed by atoms with Crippen LogP contribution in [0.1, 0.15) is 34.8 Å². The quantitative estimate of drug-likeness (QED) is 0.795. The second kappa shape index (κ2) is 8.39. The lowest BCUT2D eigenvalue weighted by molar-refractivity contribution is -0.176. The SMILES string of the molecule is CC(C)Cc1nnc(NC(=O)c2ccc(COCC(F)(F)F)cc2)s1. The van der Waals surface area contributed by atoms with Gasteiger partial charge in [-0.1, -0.05) is 37.3 Å². The van der Waals surface area contributed by atoms with Crippen LogP contribution in [0.4, 0.5) is 18.3 Å². The summed E-state index contributed by atoms with van der Waals surface area (Å²) >= 11 is 1.32. The van der Waals surface area contributed by atoms with Crippen molar-refractivity contribution >= 4 is 22.4 Å². The van der Waals surface area contributed by atoms with Gasteiger partial charge < -0.3 is 4.74 Å². The first-order valence-electron chi connectivity index (χ1n) is 7.60. The van der Waals surface area contributed by atoms with Crippen LogP contribution in [0, 0.1) is 5.92 Å². The first-order chi connectivity index (χ1) is 11.7. The van der Waals surface area contributed by atoms with Gasteiger partial charge in [-0.05, 0) is 23.6 Å². The van der Waals surface area contributed by atoms with E-state index in [0.717, 1.165) is 11.4 Å². The molecule has 0 spiro atoms. The van der Waals surface area contributed by atoms with Crippen molar-refractivity contribution in [3.05, 3.63) is 40.4 Å². The number of ether oxygens (including phenoxy) is 1. The number of nitrogens with zero attached hydrogens (tertiary/aromatic N) is 2. The first kappa shape index (κ1) is 19.3. The fourth-order valence-electron chi connectivity index (χ4n) is 1.94. The molecular weight excluding hydrogens is 355 g/mol. The van der Waals surface area contributed by atoms with Crippen LogP contribution in [-0.2, 0) is 17.8 Å². The van der Waals surface area contributed by atoms with E-state index in [4.69, 9.17) is 0 Å². The molecule has 1 heterocycles. The van der Waals surface area contributed by atoms with Crippen molar-refractivity contribution in [1.29, 1.82) is 0 Å². The molecule has 0 atom stereocenters. The van der Waals surface area contributed by atoms with Crippen LogP contribution in [0.5, 0.6) is 0 Å². The average molecular weight is 373 g/mol. The number of aromatic nitrogens is 2. The molecule has 0 aliphatic heterocycles. The van der Waals surface area contributed by atoms with Crippen molar-refractivity contribution in [1.82, 2.24) is 10.2 Å². The van der Waals surface area contributed by atoms with E-state index in [9.17, 15) is 18.0 Å². The molecule has 5 nitrogen and oxygen atoms in total. The average Bonchev–Trinajstić information content (AvgIpc) is 2.92. The van der Waals surface area contributed by atoms with Gasteiger partial charge in [0.25, 0.3) is 5.91 Å². The molecule has 2 aromatic rings. The molecule has 0 aliphatic rings. The van der Waals surface area contributed by atoms with Crippen molar-refractivity contribution in [2.24, 2.45) is 5.92 Å². The molecular formula is C16H18F3N3O2S. The zero-order valence-corrected chi connectivity index (χ0v) is 14.6. The fourth-order valence-corrected chi connectivity index (χ4v) is 2.89. The summed E-state index contributed by atoms with van der Waals surface area (Å²) in [7, 11) is 0. The van der Waals surface area contributed by atoms with Gasteiger partial charge in [-0.15, -0.1) is 10.2 Å². The molecule has 0 fully saturated rings. The molecule has 2 rings (SSSR count). The zero-order chi connectivity index (χ0) is 18.4. The van der Waals surface area contributed by atoms with Crippen molar-refractivity contribution in [3.8, 4) is 0 Å². The van der Waals surface area contributed by atoms with Gasteiger partial charge in [0, 0.05) is 12.0 Å². The number of carbonyl (C=O) groups excluding carboxylic acids is 1.